The van der Waals surface area contributed by atoms with E-state index in [1.54, 1.807) is 12.1 Å². The number of nitrogens with zero attached hydrogens (tertiary/aromatic N) is 2. The van der Waals surface area contributed by atoms with Gasteiger partial charge < -0.3 is 15.5 Å². The fourth-order valence-electron chi connectivity index (χ4n) is 4.05. The van der Waals surface area contributed by atoms with E-state index in [4.69, 9.17) is 0 Å². The van der Waals surface area contributed by atoms with Crippen LogP contribution < -0.4 is 15.5 Å². The average molecular weight is 508 g/mol. The normalized spacial score (nSPS) is 22.0. The summed E-state index contributed by atoms with van der Waals surface area (Å²) in [6, 6.07) is 18.4. The van der Waals surface area contributed by atoms with Crippen LogP contribution in [0.2, 0.25) is 0 Å². The molecule has 4 nitrogen and oxygen atoms in total. The highest BCUT2D eigenvalue weighted by Crippen LogP contribution is 2.41. The summed E-state index contributed by atoms with van der Waals surface area (Å²) < 4.78 is 14.0. The van der Waals surface area contributed by atoms with Crippen molar-refractivity contribution in [2.75, 3.05) is 24.5 Å². The Hall–Kier alpha value is -1.83. The number of anilines is 1. The fraction of sp³-hybridized carbons (Fsp3) is 0.435. The lowest BCUT2D eigenvalue weighted by molar-refractivity contribution is 0.461. The maximum Gasteiger partial charge on any atom is 0.191 e. The van der Waals surface area contributed by atoms with Gasteiger partial charge in [-0.3, -0.25) is 4.99 Å². The molecular formula is C23H30FIN4. The van der Waals surface area contributed by atoms with Crippen molar-refractivity contribution < 1.29 is 4.39 Å². The van der Waals surface area contributed by atoms with Crippen LogP contribution in [-0.4, -0.2) is 37.7 Å². The Kier molecular flexibility index (Phi) is 7.75. The van der Waals surface area contributed by atoms with Crippen molar-refractivity contribution in [3.8, 4) is 0 Å². The van der Waals surface area contributed by atoms with E-state index in [9.17, 15) is 4.39 Å². The van der Waals surface area contributed by atoms with Gasteiger partial charge in [0.05, 0.1) is 0 Å². The van der Waals surface area contributed by atoms with Crippen LogP contribution in [0.25, 0.3) is 0 Å². The quantitative estimate of drug-likeness (QED) is 0.355. The van der Waals surface area contributed by atoms with Crippen molar-refractivity contribution in [3.05, 3.63) is 66.0 Å². The van der Waals surface area contributed by atoms with E-state index < -0.39 is 0 Å². The molecule has 2 fully saturated rings. The molecule has 0 amide bonds. The maximum absolute atomic E-state index is 14.0. The summed E-state index contributed by atoms with van der Waals surface area (Å²) in [5, 5.41) is 7.12. The second kappa shape index (κ2) is 10.3. The predicted octanol–water partition coefficient (Wildman–Crippen LogP) is 4.52. The highest BCUT2D eigenvalue weighted by atomic mass is 127. The zero-order chi connectivity index (χ0) is 19.3. The second-order valence-corrected chi connectivity index (χ2v) is 7.68. The van der Waals surface area contributed by atoms with Crippen LogP contribution in [0.1, 0.15) is 37.7 Å². The van der Waals surface area contributed by atoms with Crippen molar-refractivity contribution >= 4 is 35.6 Å². The first-order valence-electron chi connectivity index (χ1n) is 10.4. The first kappa shape index (κ1) is 21.9. The maximum atomic E-state index is 14.0. The van der Waals surface area contributed by atoms with Crippen LogP contribution in [0.3, 0.4) is 0 Å². The van der Waals surface area contributed by atoms with Crippen molar-refractivity contribution in [1.29, 1.82) is 0 Å². The predicted molar refractivity (Wildman–Crippen MR) is 129 cm³/mol. The molecular weight excluding hydrogens is 478 g/mol. The molecule has 1 saturated heterocycles. The Bertz CT molecular complexity index is 806. The number of halogens is 2. The van der Waals surface area contributed by atoms with Gasteiger partial charge in [-0.1, -0.05) is 36.4 Å². The summed E-state index contributed by atoms with van der Waals surface area (Å²) in [5.74, 6) is 1.00. The summed E-state index contributed by atoms with van der Waals surface area (Å²) >= 11 is 0. The summed E-state index contributed by atoms with van der Waals surface area (Å²) in [7, 11) is 0. The van der Waals surface area contributed by atoms with Crippen LogP contribution in [-0.2, 0) is 0 Å². The van der Waals surface area contributed by atoms with Gasteiger partial charge in [0.15, 0.2) is 5.96 Å². The SMILES string of the molecule is CCN=C(NC1CCN(c2ccccc2)CC1)NC1CC1c1ccccc1F.I. The Balaban J connectivity index is 0.00000240. The number of para-hydroxylation sites is 1. The minimum atomic E-state index is -0.105. The van der Waals surface area contributed by atoms with Crippen molar-refractivity contribution in [3.63, 3.8) is 0 Å². The minimum Gasteiger partial charge on any atom is -0.371 e. The molecule has 29 heavy (non-hydrogen) atoms. The third-order valence-corrected chi connectivity index (χ3v) is 5.69. The van der Waals surface area contributed by atoms with E-state index in [-0.39, 0.29) is 41.8 Å². The highest BCUT2D eigenvalue weighted by molar-refractivity contribution is 14.0. The van der Waals surface area contributed by atoms with Crippen LogP contribution in [0, 0.1) is 5.82 Å². The lowest BCUT2D eigenvalue weighted by atomic mass is 10.0. The fourth-order valence-corrected chi connectivity index (χ4v) is 4.05. The first-order valence-corrected chi connectivity index (χ1v) is 10.4. The summed E-state index contributed by atoms with van der Waals surface area (Å²) in [6.45, 7) is 4.86. The topological polar surface area (TPSA) is 39.7 Å². The molecule has 1 heterocycles. The number of benzene rings is 2. The molecule has 2 aliphatic rings. The van der Waals surface area contributed by atoms with Gasteiger partial charge >= 0.3 is 0 Å². The van der Waals surface area contributed by atoms with Crippen molar-refractivity contribution in [1.82, 2.24) is 10.6 Å². The van der Waals surface area contributed by atoms with E-state index in [0.717, 1.165) is 50.4 Å². The number of rotatable bonds is 5. The molecule has 1 saturated carbocycles. The third-order valence-electron chi connectivity index (χ3n) is 5.69. The second-order valence-electron chi connectivity index (χ2n) is 7.68. The van der Waals surface area contributed by atoms with E-state index >= 15 is 0 Å². The Labute approximate surface area is 190 Å². The highest BCUT2D eigenvalue weighted by Gasteiger charge is 2.40. The van der Waals surface area contributed by atoms with Gasteiger partial charge in [-0.05, 0) is 49.9 Å². The largest absolute Gasteiger partial charge is 0.371 e. The molecule has 2 N–H and O–H groups in total. The molecule has 0 aromatic heterocycles. The summed E-state index contributed by atoms with van der Waals surface area (Å²) in [5.41, 5.74) is 2.11. The summed E-state index contributed by atoms with van der Waals surface area (Å²) in [6.07, 6.45) is 3.12. The average Bonchev–Trinajstić information content (AvgIpc) is 3.48. The number of nitrogens with one attached hydrogen (secondary N) is 2. The van der Waals surface area contributed by atoms with Gasteiger partial charge in [-0.15, -0.1) is 24.0 Å². The molecule has 1 aliphatic heterocycles. The number of guanidine groups is 1. The lowest BCUT2D eigenvalue weighted by Gasteiger charge is -2.34. The zero-order valence-corrected chi connectivity index (χ0v) is 19.2. The van der Waals surface area contributed by atoms with Gasteiger partial charge in [0, 0.05) is 43.3 Å². The van der Waals surface area contributed by atoms with Gasteiger partial charge in [0.2, 0.25) is 0 Å². The molecule has 0 bridgehead atoms. The smallest absolute Gasteiger partial charge is 0.191 e. The van der Waals surface area contributed by atoms with Gasteiger partial charge in [0.25, 0.3) is 0 Å². The molecule has 0 radical (unpaired) electrons. The van der Waals surface area contributed by atoms with E-state index in [0.29, 0.717) is 6.04 Å². The number of hydrogen-bond donors (Lipinski definition) is 2. The molecule has 0 spiro atoms. The standard InChI is InChI=1S/C23H29FN4.HI/c1-2-25-23(27-22-16-20(22)19-10-6-7-11-21(19)24)26-17-12-14-28(15-13-17)18-8-4-3-5-9-18;/h3-11,17,20,22H,2,12-16H2,1H3,(H2,25,26,27);1H. The van der Waals surface area contributed by atoms with Crippen LogP contribution >= 0.6 is 24.0 Å². The van der Waals surface area contributed by atoms with Gasteiger partial charge in [-0.25, -0.2) is 4.39 Å². The lowest BCUT2D eigenvalue weighted by Crippen LogP contribution is -2.49. The monoisotopic (exact) mass is 508 g/mol. The van der Waals surface area contributed by atoms with Gasteiger partial charge in [-0.2, -0.15) is 0 Å². The first-order chi connectivity index (χ1) is 13.7. The van der Waals surface area contributed by atoms with Crippen molar-refractivity contribution in [2.45, 2.75) is 44.2 Å². The minimum absolute atomic E-state index is 0. The molecule has 1 aliphatic carbocycles. The molecule has 6 heteroatoms. The molecule has 2 atom stereocenters. The van der Waals surface area contributed by atoms with E-state index in [1.807, 2.05) is 19.1 Å². The molecule has 156 valence electrons. The van der Waals surface area contributed by atoms with E-state index in [1.165, 1.54) is 5.69 Å². The number of hydrogen-bond acceptors (Lipinski definition) is 2. The molecule has 2 aromatic rings. The number of piperidine rings is 1. The van der Waals surface area contributed by atoms with Crippen LogP contribution in [0.5, 0.6) is 0 Å². The van der Waals surface area contributed by atoms with Gasteiger partial charge in [0.1, 0.15) is 5.82 Å². The Morgan fingerprint density at radius 3 is 2.41 bits per heavy atom. The zero-order valence-electron chi connectivity index (χ0n) is 16.9. The van der Waals surface area contributed by atoms with Crippen LogP contribution in [0.4, 0.5) is 10.1 Å². The third kappa shape index (κ3) is 5.62. The van der Waals surface area contributed by atoms with E-state index in [2.05, 4.69) is 50.9 Å². The Morgan fingerprint density at radius 1 is 1.03 bits per heavy atom. The Morgan fingerprint density at radius 2 is 1.72 bits per heavy atom. The van der Waals surface area contributed by atoms with Crippen LogP contribution in [0.15, 0.2) is 59.6 Å². The summed E-state index contributed by atoms with van der Waals surface area (Å²) in [4.78, 5) is 7.06. The molecule has 4 rings (SSSR count). The molecule has 2 unspecified atom stereocenters. The number of aliphatic imine (C=N–C) groups is 1. The van der Waals surface area contributed by atoms with Crippen molar-refractivity contribution in [2.24, 2.45) is 4.99 Å². The molecule has 2 aromatic carbocycles.